The Morgan fingerprint density at radius 2 is 2.17 bits per heavy atom. The molecule has 104 valence electrons. The molecular formula is C13H24N2O3. The van der Waals surface area contributed by atoms with Gasteiger partial charge in [0.25, 0.3) is 0 Å². The number of nitrogens with zero attached hydrogens (tertiary/aromatic N) is 1. The molecule has 1 aliphatic heterocycles. The van der Waals surface area contributed by atoms with Crippen LogP contribution in [-0.4, -0.2) is 48.1 Å². The maximum atomic E-state index is 12.1. The molecule has 5 nitrogen and oxygen atoms in total. The fourth-order valence-electron chi connectivity index (χ4n) is 2.33. The molecule has 0 spiro atoms. The van der Waals surface area contributed by atoms with Crippen molar-refractivity contribution in [1.29, 1.82) is 0 Å². The van der Waals surface area contributed by atoms with Crippen molar-refractivity contribution in [3.63, 3.8) is 0 Å². The topological polar surface area (TPSA) is 69.6 Å². The minimum atomic E-state index is -0.943. The number of aliphatic carboxylic acids is 1. The number of nitrogens with one attached hydrogen (secondary N) is 1. The quantitative estimate of drug-likeness (QED) is 0.768. The molecule has 1 saturated heterocycles. The third-order valence-electron chi connectivity index (χ3n) is 3.77. The number of hydrogen-bond donors (Lipinski definition) is 2. The van der Waals surface area contributed by atoms with Crippen LogP contribution in [0, 0.1) is 11.8 Å². The first-order chi connectivity index (χ1) is 8.45. The average molecular weight is 256 g/mol. The lowest BCUT2D eigenvalue weighted by molar-refractivity contribution is -0.144. The van der Waals surface area contributed by atoms with Crippen molar-refractivity contribution in [2.24, 2.45) is 11.8 Å². The van der Waals surface area contributed by atoms with Gasteiger partial charge in [-0.2, -0.15) is 0 Å². The SMILES string of the molecule is CC[C@H](C)[C@H](NC(=O)C1CCCN(C)C1)C(=O)O. The smallest absolute Gasteiger partial charge is 0.326 e. The Morgan fingerprint density at radius 3 is 2.67 bits per heavy atom. The first-order valence-corrected chi connectivity index (χ1v) is 6.67. The molecule has 0 saturated carbocycles. The molecule has 5 heteroatoms. The Bertz CT molecular complexity index is 307. The standard InChI is InChI=1S/C13H24N2O3/c1-4-9(2)11(13(17)18)14-12(16)10-6-5-7-15(3)8-10/h9-11H,4-8H2,1-3H3,(H,14,16)(H,17,18)/t9-,10?,11-/m0/s1. The summed E-state index contributed by atoms with van der Waals surface area (Å²) in [7, 11) is 1.99. The molecule has 1 heterocycles. The number of hydrogen-bond acceptors (Lipinski definition) is 3. The Balaban J connectivity index is 2.58. The van der Waals surface area contributed by atoms with Crippen LogP contribution in [0.1, 0.15) is 33.1 Å². The van der Waals surface area contributed by atoms with E-state index in [2.05, 4.69) is 10.2 Å². The summed E-state index contributed by atoms with van der Waals surface area (Å²) in [4.78, 5) is 25.4. The number of carbonyl (C=O) groups is 2. The lowest BCUT2D eigenvalue weighted by atomic mass is 9.95. The van der Waals surface area contributed by atoms with Crippen molar-refractivity contribution in [2.75, 3.05) is 20.1 Å². The van der Waals surface area contributed by atoms with E-state index in [0.717, 1.165) is 32.4 Å². The Hall–Kier alpha value is -1.10. The summed E-state index contributed by atoms with van der Waals surface area (Å²) in [5.74, 6) is -1.18. The second-order valence-corrected chi connectivity index (χ2v) is 5.31. The van der Waals surface area contributed by atoms with Crippen LogP contribution in [0.5, 0.6) is 0 Å². The van der Waals surface area contributed by atoms with Gasteiger partial charge in [0.2, 0.25) is 5.91 Å². The summed E-state index contributed by atoms with van der Waals surface area (Å²) in [6.07, 6.45) is 2.58. The largest absolute Gasteiger partial charge is 0.480 e. The third kappa shape index (κ3) is 3.98. The monoisotopic (exact) mass is 256 g/mol. The van der Waals surface area contributed by atoms with E-state index in [4.69, 9.17) is 5.11 Å². The highest BCUT2D eigenvalue weighted by atomic mass is 16.4. The van der Waals surface area contributed by atoms with Crippen molar-refractivity contribution in [1.82, 2.24) is 10.2 Å². The van der Waals surface area contributed by atoms with Crippen LogP contribution < -0.4 is 5.32 Å². The molecule has 0 aromatic rings. The van der Waals surface area contributed by atoms with Gasteiger partial charge in [0.15, 0.2) is 0 Å². The normalized spacial score (nSPS) is 24.3. The molecule has 0 bridgehead atoms. The zero-order valence-corrected chi connectivity index (χ0v) is 11.5. The van der Waals surface area contributed by atoms with Gasteiger partial charge in [-0.1, -0.05) is 20.3 Å². The zero-order valence-electron chi connectivity index (χ0n) is 11.5. The number of amides is 1. The highest BCUT2D eigenvalue weighted by Crippen LogP contribution is 2.16. The highest BCUT2D eigenvalue weighted by molar-refractivity contribution is 5.85. The predicted octanol–water partition coefficient (Wildman–Crippen LogP) is 0.944. The van der Waals surface area contributed by atoms with E-state index in [1.165, 1.54) is 0 Å². The van der Waals surface area contributed by atoms with Gasteiger partial charge in [0, 0.05) is 6.54 Å². The molecule has 3 atom stereocenters. The Kier molecular flexibility index (Phi) is 5.59. The second-order valence-electron chi connectivity index (χ2n) is 5.31. The first kappa shape index (κ1) is 15.0. The number of carboxylic acids is 1. The van der Waals surface area contributed by atoms with Crippen LogP contribution in [0.25, 0.3) is 0 Å². The molecular weight excluding hydrogens is 232 g/mol. The summed E-state index contributed by atoms with van der Waals surface area (Å²) in [5.41, 5.74) is 0. The number of piperidine rings is 1. The number of carbonyl (C=O) groups excluding carboxylic acids is 1. The van der Waals surface area contributed by atoms with Crippen LogP contribution >= 0.6 is 0 Å². The molecule has 0 aromatic heterocycles. The zero-order chi connectivity index (χ0) is 13.7. The maximum Gasteiger partial charge on any atom is 0.326 e. The molecule has 1 fully saturated rings. The van der Waals surface area contributed by atoms with E-state index in [1.807, 2.05) is 20.9 Å². The van der Waals surface area contributed by atoms with E-state index in [1.54, 1.807) is 0 Å². The van der Waals surface area contributed by atoms with Crippen molar-refractivity contribution in [2.45, 2.75) is 39.2 Å². The molecule has 1 unspecified atom stereocenters. The van der Waals surface area contributed by atoms with E-state index >= 15 is 0 Å². The van der Waals surface area contributed by atoms with Gasteiger partial charge < -0.3 is 15.3 Å². The van der Waals surface area contributed by atoms with Crippen LogP contribution in [0.3, 0.4) is 0 Å². The molecule has 0 aromatic carbocycles. The van der Waals surface area contributed by atoms with Gasteiger partial charge in [0.05, 0.1) is 5.92 Å². The number of rotatable bonds is 5. The van der Waals surface area contributed by atoms with Crippen LogP contribution in [-0.2, 0) is 9.59 Å². The molecule has 18 heavy (non-hydrogen) atoms. The van der Waals surface area contributed by atoms with Gasteiger partial charge >= 0.3 is 5.97 Å². The average Bonchev–Trinajstić information content (AvgIpc) is 2.34. The predicted molar refractivity (Wildman–Crippen MR) is 69.2 cm³/mol. The van der Waals surface area contributed by atoms with Crippen molar-refractivity contribution >= 4 is 11.9 Å². The molecule has 2 N–H and O–H groups in total. The van der Waals surface area contributed by atoms with E-state index in [-0.39, 0.29) is 17.7 Å². The number of carboxylic acid groups (broad SMARTS) is 1. The fraction of sp³-hybridized carbons (Fsp3) is 0.846. The van der Waals surface area contributed by atoms with Gasteiger partial charge in [0.1, 0.15) is 6.04 Å². The summed E-state index contributed by atoms with van der Waals surface area (Å²) in [6.45, 7) is 5.52. The summed E-state index contributed by atoms with van der Waals surface area (Å²) >= 11 is 0. The van der Waals surface area contributed by atoms with Crippen LogP contribution in [0.2, 0.25) is 0 Å². The van der Waals surface area contributed by atoms with E-state index in [0.29, 0.717) is 0 Å². The highest BCUT2D eigenvalue weighted by Gasteiger charge is 2.30. The second kappa shape index (κ2) is 6.73. The third-order valence-corrected chi connectivity index (χ3v) is 3.77. The van der Waals surface area contributed by atoms with E-state index in [9.17, 15) is 9.59 Å². The van der Waals surface area contributed by atoms with E-state index < -0.39 is 12.0 Å². The van der Waals surface area contributed by atoms with Gasteiger partial charge in [-0.15, -0.1) is 0 Å². The Morgan fingerprint density at radius 1 is 1.50 bits per heavy atom. The fourth-order valence-corrected chi connectivity index (χ4v) is 2.33. The minimum Gasteiger partial charge on any atom is -0.480 e. The van der Waals surface area contributed by atoms with Crippen molar-refractivity contribution < 1.29 is 14.7 Å². The first-order valence-electron chi connectivity index (χ1n) is 6.67. The molecule has 0 radical (unpaired) electrons. The van der Waals surface area contributed by atoms with Gasteiger partial charge in [-0.25, -0.2) is 4.79 Å². The minimum absolute atomic E-state index is 0.0484. The number of likely N-dealkylation sites (tertiary alicyclic amines) is 1. The lowest BCUT2D eigenvalue weighted by Crippen LogP contribution is -2.50. The molecule has 1 amide bonds. The lowest BCUT2D eigenvalue weighted by Gasteiger charge is -2.30. The van der Waals surface area contributed by atoms with Crippen molar-refractivity contribution in [3.05, 3.63) is 0 Å². The summed E-state index contributed by atoms with van der Waals surface area (Å²) in [5, 5.41) is 11.8. The summed E-state index contributed by atoms with van der Waals surface area (Å²) in [6, 6.07) is -0.769. The van der Waals surface area contributed by atoms with Crippen LogP contribution in [0.15, 0.2) is 0 Å². The molecule has 1 rings (SSSR count). The van der Waals surface area contributed by atoms with Gasteiger partial charge in [-0.3, -0.25) is 4.79 Å². The summed E-state index contributed by atoms with van der Waals surface area (Å²) < 4.78 is 0. The van der Waals surface area contributed by atoms with Gasteiger partial charge in [-0.05, 0) is 32.4 Å². The van der Waals surface area contributed by atoms with Crippen LogP contribution in [0.4, 0.5) is 0 Å². The molecule has 0 aliphatic carbocycles. The molecule has 1 aliphatic rings. The maximum absolute atomic E-state index is 12.1. The Labute approximate surface area is 109 Å². The van der Waals surface area contributed by atoms with Crippen molar-refractivity contribution in [3.8, 4) is 0 Å².